The fourth-order valence-electron chi connectivity index (χ4n) is 1.52. The van der Waals surface area contributed by atoms with Crippen LogP contribution in [-0.2, 0) is 4.79 Å². The molecular weight excluding hydrogens is 221 g/mol. The highest BCUT2D eigenvalue weighted by molar-refractivity contribution is 6.35. The van der Waals surface area contributed by atoms with E-state index in [2.05, 4.69) is 0 Å². The van der Waals surface area contributed by atoms with Crippen LogP contribution in [0.1, 0.15) is 6.92 Å². The molecule has 2 nitrogen and oxygen atoms in total. The second-order valence-electron chi connectivity index (χ2n) is 3.48. The van der Waals surface area contributed by atoms with Crippen molar-refractivity contribution in [1.82, 2.24) is 0 Å². The zero-order valence-corrected chi connectivity index (χ0v) is 9.14. The summed E-state index contributed by atoms with van der Waals surface area (Å²) in [6.45, 7) is 2.65. The normalized spacial score (nSPS) is 20.9. The Labute approximate surface area is 92.4 Å². The van der Waals surface area contributed by atoms with Crippen LogP contribution in [0.4, 0.5) is 5.69 Å². The van der Waals surface area contributed by atoms with E-state index in [4.69, 9.17) is 23.2 Å². The molecule has 1 unspecified atom stereocenters. The quantitative estimate of drug-likeness (QED) is 0.679. The average Bonchev–Trinajstić information content (AvgIpc) is 2.11. The molecule has 4 heteroatoms. The Morgan fingerprint density at radius 3 is 2.29 bits per heavy atom. The van der Waals surface area contributed by atoms with Gasteiger partial charge >= 0.3 is 0 Å². The van der Waals surface area contributed by atoms with Crippen molar-refractivity contribution in [3.63, 3.8) is 0 Å². The van der Waals surface area contributed by atoms with E-state index in [0.717, 1.165) is 12.2 Å². The van der Waals surface area contributed by atoms with Crippen molar-refractivity contribution in [1.29, 1.82) is 0 Å². The minimum Gasteiger partial charge on any atom is -0.311 e. The lowest BCUT2D eigenvalue weighted by molar-refractivity contribution is -0.126. The van der Waals surface area contributed by atoms with Crippen molar-refractivity contribution in [2.75, 3.05) is 11.4 Å². The highest BCUT2D eigenvalue weighted by atomic mass is 35.5. The first-order valence-electron chi connectivity index (χ1n) is 4.35. The zero-order chi connectivity index (χ0) is 10.3. The minimum absolute atomic E-state index is 0.118. The number of carbonyl (C=O) groups is 1. The lowest BCUT2D eigenvalue weighted by Gasteiger charge is -2.36. The van der Waals surface area contributed by atoms with Gasteiger partial charge in [0.15, 0.2) is 0 Å². The summed E-state index contributed by atoms with van der Waals surface area (Å²) in [5, 5.41) is 1.11. The SMILES string of the molecule is CC1CN(c2cc(Cl)cc(Cl)c2)C1=O. The molecule has 0 spiro atoms. The second kappa shape index (κ2) is 3.44. The summed E-state index contributed by atoms with van der Waals surface area (Å²) in [6, 6.07) is 5.15. The van der Waals surface area contributed by atoms with Gasteiger partial charge in [0.2, 0.25) is 5.91 Å². The molecule has 0 N–H and O–H groups in total. The molecule has 0 aliphatic carbocycles. The van der Waals surface area contributed by atoms with Gasteiger partial charge in [0.05, 0.1) is 5.92 Å². The first-order chi connectivity index (χ1) is 6.58. The molecule has 1 aromatic carbocycles. The topological polar surface area (TPSA) is 20.3 Å². The molecule has 0 bridgehead atoms. The van der Waals surface area contributed by atoms with Crippen LogP contribution in [0.2, 0.25) is 10.0 Å². The number of amides is 1. The molecule has 0 radical (unpaired) electrons. The monoisotopic (exact) mass is 229 g/mol. The second-order valence-corrected chi connectivity index (χ2v) is 4.35. The van der Waals surface area contributed by atoms with Gasteiger partial charge in [0.1, 0.15) is 0 Å². The lowest BCUT2D eigenvalue weighted by atomic mass is 10.0. The Kier molecular flexibility index (Phi) is 2.41. The van der Waals surface area contributed by atoms with Gasteiger partial charge in [0.25, 0.3) is 0 Å². The van der Waals surface area contributed by atoms with Crippen LogP contribution in [0.15, 0.2) is 18.2 Å². The van der Waals surface area contributed by atoms with E-state index in [1.807, 2.05) is 6.92 Å². The summed E-state index contributed by atoms with van der Waals surface area (Å²) in [4.78, 5) is 13.1. The molecule has 1 aromatic rings. The number of benzene rings is 1. The van der Waals surface area contributed by atoms with Gasteiger partial charge in [-0.1, -0.05) is 30.1 Å². The van der Waals surface area contributed by atoms with Gasteiger partial charge in [-0.25, -0.2) is 0 Å². The Balaban J connectivity index is 2.29. The van der Waals surface area contributed by atoms with E-state index >= 15 is 0 Å². The van der Waals surface area contributed by atoms with Crippen molar-refractivity contribution in [2.24, 2.45) is 5.92 Å². The molecule has 0 aromatic heterocycles. The predicted molar refractivity (Wildman–Crippen MR) is 58.0 cm³/mol. The van der Waals surface area contributed by atoms with Crippen molar-refractivity contribution >= 4 is 34.8 Å². The first kappa shape index (κ1) is 9.81. The number of hydrogen-bond donors (Lipinski definition) is 0. The molecule has 1 amide bonds. The molecule has 14 heavy (non-hydrogen) atoms. The van der Waals surface area contributed by atoms with Crippen molar-refractivity contribution < 1.29 is 4.79 Å². The van der Waals surface area contributed by atoms with Crippen LogP contribution in [0, 0.1) is 5.92 Å². The lowest BCUT2D eigenvalue weighted by Crippen LogP contribution is -2.51. The maximum atomic E-state index is 11.4. The van der Waals surface area contributed by atoms with Gasteiger partial charge in [-0.2, -0.15) is 0 Å². The summed E-state index contributed by atoms with van der Waals surface area (Å²) in [5.74, 6) is 0.246. The summed E-state index contributed by atoms with van der Waals surface area (Å²) in [7, 11) is 0. The summed E-state index contributed by atoms with van der Waals surface area (Å²) in [6.07, 6.45) is 0. The molecule has 1 aliphatic heterocycles. The summed E-state index contributed by atoms with van der Waals surface area (Å²) in [5.41, 5.74) is 0.783. The summed E-state index contributed by atoms with van der Waals surface area (Å²) < 4.78 is 0. The van der Waals surface area contributed by atoms with Crippen LogP contribution in [0.5, 0.6) is 0 Å². The van der Waals surface area contributed by atoms with Crippen LogP contribution in [-0.4, -0.2) is 12.5 Å². The molecule has 1 fully saturated rings. The molecule has 0 saturated carbocycles. The molecule has 2 rings (SSSR count). The van der Waals surface area contributed by atoms with E-state index in [1.54, 1.807) is 23.1 Å². The third-order valence-corrected chi connectivity index (χ3v) is 2.74. The number of β-lactam (4-membered cyclic amide) rings is 1. The Bertz CT molecular complexity index is 371. The average molecular weight is 230 g/mol. The predicted octanol–water partition coefficient (Wildman–Crippen LogP) is 2.98. The van der Waals surface area contributed by atoms with Crippen molar-refractivity contribution in [3.8, 4) is 0 Å². The van der Waals surface area contributed by atoms with Gasteiger partial charge in [-0.3, -0.25) is 4.79 Å². The Morgan fingerprint density at radius 2 is 1.86 bits per heavy atom. The maximum absolute atomic E-state index is 11.4. The molecule has 1 aliphatic rings. The minimum atomic E-state index is 0.118. The van der Waals surface area contributed by atoms with Crippen LogP contribution in [0.3, 0.4) is 0 Å². The van der Waals surface area contributed by atoms with Gasteiger partial charge in [0, 0.05) is 22.3 Å². The zero-order valence-electron chi connectivity index (χ0n) is 7.63. The number of hydrogen-bond acceptors (Lipinski definition) is 1. The van der Waals surface area contributed by atoms with E-state index in [1.165, 1.54) is 0 Å². The fourth-order valence-corrected chi connectivity index (χ4v) is 2.04. The van der Waals surface area contributed by atoms with Gasteiger partial charge in [-0.05, 0) is 18.2 Å². The maximum Gasteiger partial charge on any atom is 0.231 e. The highest BCUT2D eigenvalue weighted by Gasteiger charge is 2.33. The number of anilines is 1. The molecule has 1 heterocycles. The van der Waals surface area contributed by atoms with E-state index in [0.29, 0.717) is 10.0 Å². The number of rotatable bonds is 1. The molecule has 1 saturated heterocycles. The van der Waals surface area contributed by atoms with Crippen LogP contribution >= 0.6 is 23.2 Å². The number of nitrogens with zero attached hydrogens (tertiary/aromatic N) is 1. The van der Waals surface area contributed by atoms with E-state index < -0.39 is 0 Å². The molecular formula is C10H9Cl2NO. The molecule has 1 atom stereocenters. The van der Waals surface area contributed by atoms with Gasteiger partial charge in [-0.15, -0.1) is 0 Å². The molecule has 74 valence electrons. The van der Waals surface area contributed by atoms with Crippen LogP contribution in [0.25, 0.3) is 0 Å². The highest BCUT2D eigenvalue weighted by Crippen LogP contribution is 2.30. The smallest absolute Gasteiger partial charge is 0.231 e. The third kappa shape index (κ3) is 1.60. The van der Waals surface area contributed by atoms with Crippen molar-refractivity contribution in [3.05, 3.63) is 28.2 Å². The number of carbonyl (C=O) groups excluding carboxylic acids is 1. The standard InChI is InChI=1S/C10H9Cl2NO/c1-6-5-13(10(6)14)9-3-7(11)2-8(12)4-9/h2-4,6H,5H2,1H3. The Morgan fingerprint density at radius 1 is 1.29 bits per heavy atom. The number of halogens is 2. The largest absolute Gasteiger partial charge is 0.311 e. The van der Waals surface area contributed by atoms with Crippen molar-refractivity contribution in [2.45, 2.75) is 6.92 Å². The van der Waals surface area contributed by atoms with Crippen LogP contribution < -0.4 is 4.90 Å². The van der Waals surface area contributed by atoms with E-state index in [9.17, 15) is 4.79 Å². The fraction of sp³-hybridized carbons (Fsp3) is 0.300. The van der Waals surface area contributed by atoms with Gasteiger partial charge < -0.3 is 4.90 Å². The first-order valence-corrected chi connectivity index (χ1v) is 5.11. The summed E-state index contributed by atoms with van der Waals surface area (Å²) >= 11 is 11.7. The third-order valence-electron chi connectivity index (χ3n) is 2.30. The Hall–Kier alpha value is -0.730. The van der Waals surface area contributed by atoms with E-state index in [-0.39, 0.29) is 11.8 Å².